The number of amides is 2. The molecule has 0 radical (unpaired) electrons. The number of hydrogen-bond donors (Lipinski definition) is 0. The van der Waals surface area contributed by atoms with Gasteiger partial charge in [0, 0.05) is 42.6 Å². The zero-order valence-electron chi connectivity index (χ0n) is 29.0. The van der Waals surface area contributed by atoms with E-state index in [-0.39, 0.29) is 17.6 Å². The zero-order chi connectivity index (χ0) is 33.3. The second-order valence-electron chi connectivity index (χ2n) is 15.9. The average Bonchev–Trinajstić information content (AvgIpc) is 2.88. The van der Waals surface area contributed by atoms with Gasteiger partial charge in [0.25, 0.3) is 0 Å². The third kappa shape index (κ3) is 7.99. The Morgan fingerprint density at radius 2 is 1.22 bits per heavy atom. The normalized spacial score (nSPS) is 20.6. The molecule has 2 aliphatic heterocycles. The lowest BCUT2D eigenvalue weighted by atomic mass is 9.56. The summed E-state index contributed by atoms with van der Waals surface area (Å²) in [6.07, 6.45) is 7.45. The first-order valence-corrected chi connectivity index (χ1v) is 16.5. The van der Waals surface area contributed by atoms with E-state index in [2.05, 4.69) is 24.3 Å². The molecule has 2 heterocycles. The highest BCUT2D eigenvalue weighted by Gasteiger charge is 2.54. The summed E-state index contributed by atoms with van der Waals surface area (Å²) in [5, 5.41) is 0. The second kappa shape index (κ2) is 12.8. The van der Waals surface area contributed by atoms with Crippen LogP contribution in [0, 0.1) is 16.7 Å². The number of para-hydroxylation sites is 2. The first-order chi connectivity index (χ1) is 21.6. The standard InChI is InChI=1S/C19H27NO3.C19H25NO3/c2*1-18(2,3)23-17(21)20-12-19(13-20)10-14(11-19)9-15-7-5-6-8-16(15)22-4/h5-8,14H,9-13H2,1-4H3;5-9H,10-13H2,1-4H3. The van der Waals surface area contributed by atoms with Gasteiger partial charge in [-0.2, -0.15) is 0 Å². The highest BCUT2D eigenvalue weighted by Crippen LogP contribution is 2.54. The quantitative estimate of drug-likeness (QED) is 0.333. The van der Waals surface area contributed by atoms with Crippen LogP contribution in [-0.2, 0) is 15.9 Å². The molecular formula is C38H52N2O6. The van der Waals surface area contributed by atoms with Gasteiger partial charge in [-0.3, -0.25) is 0 Å². The van der Waals surface area contributed by atoms with Crippen LogP contribution in [0.4, 0.5) is 9.59 Å². The number of benzene rings is 2. The van der Waals surface area contributed by atoms with Gasteiger partial charge in [0.15, 0.2) is 0 Å². The van der Waals surface area contributed by atoms with E-state index in [1.165, 1.54) is 24.0 Å². The van der Waals surface area contributed by atoms with E-state index in [4.69, 9.17) is 18.9 Å². The van der Waals surface area contributed by atoms with E-state index < -0.39 is 11.2 Å². The van der Waals surface area contributed by atoms with Crippen molar-refractivity contribution in [3.8, 4) is 11.5 Å². The SMILES string of the molecule is COc1ccccc1C=C1CC2(C1)CN(C(=O)OC(C)(C)C)C2.COc1ccccc1CC1CC2(C1)CN(C(=O)OC(C)(C)C)C2. The van der Waals surface area contributed by atoms with E-state index in [9.17, 15) is 9.59 Å². The molecule has 2 saturated heterocycles. The van der Waals surface area contributed by atoms with Crippen molar-refractivity contribution >= 4 is 18.3 Å². The number of allylic oxidation sites excluding steroid dienone is 1. The topological polar surface area (TPSA) is 77.5 Å². The minimum atomic E-state index is -0.422. The average molecular weight is 633 g/mol. The van der Waals surface area contributed by atoms with Crippen LogP contribution < -0.4 is 9.47 Å². The lowest BCUT2D eigenvalue weighted by molar-refractivity contribution is -0.0948. The molecule has 46 heavy (non-hydrogen) atoms. The molecule has 0 N–H and O–H groups in total. The number of likely N-dealkylation sites (tertiary alicyclic amines) is 2. The third-order valence-electron chi connectivity index (χ3n) is 9.26. The van der Waals surface area contributed by atoms with Gasteiger partial charge < -0.3 is 28.7 Å². The molecule has 2 saturated carbocycles. The van der Waals surface area contributed by atoms with Crippen LogP contribution in [0.3, 0.4) is 0 Å². The number of rotatable bonds is 5. The minimum absolute atomic E-state index is 0.170. The molecule has 0 unspecified atom stereocenters. The van der Waals surface area contributed by atoms with Gasteiger partial charge in [0.05, 0.1) is 14.2 Å². The van der Waals surface area contributed by atoms with Gasteiger partial charge in [0.2, 0.25) is 0 Å². The van der Waals surface area contributed by atoms with E-state index in [1.54, 1.807) is 14.2 Å². The van der Waals surface area contributed by atoms with Gasteiger partial charge in [-0.25, -0.2) is 9.59 Å². The Balaban J connectivity index is 0.000000181. The molecule has 0 atom stereocenters. The molecule has 6 rings (SSSR count). The molecule has 4 fully saturated rings. The summed E-state index contributed by atoms with van der Waals surface area (Å²) in [5.41, 5.74) is 3.65. The second-order valence-corrected chi connectivity index (χ2v) is 15.9. The van der Waals surface area contributed by atoms with E-state index in [0.29, 0.717) is 11.3 Å². The summed E-state index contributed by atoms with van der Waals surface area (Å²) >= 11 is 0. The first-order valence-electron chi connectivity index (χ1n) is 16.5. The number of carbonyl (C=O) groups is 2. The fourth-order valence-electron chi connectivity index (χ4n) is 7.43. The summed E-state index contributed by atoms with van der Waals surface area (Å²) < 4.78 is 21.7. The van der Waals surface area contributed by atoms with Crippen molar-refractivity contribution in [2.24, 2.45) is 16.7 Å². The van der Waals surface area contributed by atoms with Gasteiger partial charge in [-0.15, -0.1) is 0 Å². The lowest BCUT2D eigenvalue weighted by Crippen LogP contribution is -2.64. The smallest absolute Gasteiger partial charge is 0.410 e. The molecule has 4 aliphatic rings. The molecule has 8 nitrogen and oxygen atoms in total. The Hall–Kier alpha value is -3.68. The minimum Gasteiger partial charge on any atom is -0.496 e. The van der Waals surface area contributed by atoms with Crippen LogP contribution in [0.2, 0.25) is 0 Å². The van der Waals surface area contributed by atoms with Crippen molar-refractivity contribution in [2.45, 2.75) is 84.8 Å². The number of ether oxygens (including phenoxy) is 4. The Bertz CT molecular complexity index is 1420. The molecule has 2 aromatic carbocycles. The summed E-state index contributed by atoms with van der Waals surface area (Å²) in [7, 11) is 3.43. The van der Waals surface area contributed by atoms with Crippen molar-refractivity contribution in [3.63, 3.8) is 0 Å². The molecular weight excluding hydrogens is 580 g/mol. The van der Waals surface area contributed by atoms with Gasteiger partial charge in [-0.1, -0.05) is 48.0 Å². The van der Waals surface area contributed by atoms with Crippen molar-refractivity contribution in [1.29, 1.82) is 0 Å². The summed E-state index contributed by atoms with van der Waals surface area (Å²) in [6, 6.07) is 16.3. The monoisotopic (exact) mass is 632 g/mol. The highest BCUT2D eigenvalue weighted by molar-refractivity contribution is 5.70. The fourth-order valence-corrected chi connectivity index (χ4v) is 7.43. The Morgan fingerprint density at radius 3 is 1.74 bits per heavy atom. The Kier molecular flexibility index (Phi) is 9.40. The summed E-state index contributed by atoms with van der Waals surface area (Å²) in [6.45, 7) is 14.8. The molecule has 0 bridgehead atoms. The van der Waals surface area contributed by atoms with Crippen molar-refractivity contribution in [2.75, 3.05) is 40.4 Å². The van der Waals surface area contributed by atoms with Crippen LogP contribution >= 0.6 is 0 Å². The predicted octanol–water partition coefficient (Wildman–Crippen LogP) is 7.99. The number of nitrogens with zero attached hydrogens (tertiary/aromatic N) is 2. The zero-order valence-corrected chi connectivity index (χ0v) is 29.0. The molecule has 250 valence electrons. The van der Waals surface area contributed by atoms with Crippen LogP contribution in [0.25, 0.3) is 6.08 Å². The largest absolute Gasteiger partial charge is 0.496 e. The Labute approximate surface area is 275 Å². The molecule has 2 aliphatic carbocycles. The molecule has 8 heteroatoms. The fraction of sp³-hybridized carbons (Fsp3) is 0.579. The van der Waals surface area contributed by atoms with Crippen LogP contribution in [0.15, 0.2) is 54.1 Å². The number of methoxy groups -OCH3 is 2. The number of hydrogen-bond acceptors (Lipinski definition) is 6. The molecule has 2 aromatic rings. The lowest BCUT2D eigenvalue weighted by Gasteiger charge is -2.59. The third-order valence-corrected chi connectivity index (χ3v) is 9.26. The molecule has 2 amide bonds. The predicted molar refractivity (Wildman–Crippen MR) is 180 cm³/mol. The first kappa shape index (κ1) is 33.7. The maximum Gasteiger partial charge on any atom is 0.410 e. The van der Waals surface area contributed by atoms with E-state index >= 15 is 0 Å². The van der Waals surface area contributed by atoms with Crippen LogP contribution in [0.5, 0.6) is 11.5 Å². The van der Waals surface area contributed by atoms with Gasteiger partial charge in [0.1, 0.15) is 22.7 Å². The van der Waals surface area contributed by atoms with Crippen LogP contribution in [-0.4, -0.2) is 73.6 Å². The summed E-state index contributed by atoms with van der Waals surface area (Å²) in [5.74, 6) is 2.59. The summed E-state index contributed by atoms with van der Waals surface area (Å²) in [4.78, 5) is 27.7. The molecule has 2 spiro atoms. The van der Waals surface area contributed by atoms with E-state index in [0.717, 1.165) is 62.5 Å². The van der Waals surface area contributed by atoms with E-state index in [1.807, 2.05) is 81.7 Å². The van der Waals surface area contributed by atoms with Gasteiger partial charge >= 0.3 is 12.2 Å². The van der Waals surface area contributed by atoms with Crippen molar-refractivity contribution in [3.05, 3.63) is 65.2 Å². The maximum absolute atomic E-state index is 12.0. The highest BCUT2D eigenvalue weighted by atomic mass is 16.6. The van der Waals surface area contributed by atoms with Gasteiger partial charge in [-0.05, 0) is 97.3 Å². The molecule has 0 aromatic heterocycles. The van der Waals surface area contributed by atoms with Crippen LogP contribution in [0.1, 0.15) is 78.4 Å². The Morgan fingerprint density at radius 1 is 0.739 bits per heavy atom. The maximum atomic E-state index is 12.0. The van der Waals surface area contributed by atoms with Crippen molar-refractivity contribution < 1.29 is 28.5 Å². The number of carbonyl (C=O) groups excluding carboxylic acids is 2. The van der Waals surface area contributed by atoms with Crippen molar-refractivity contribution in [1.82, 2.24) is 9.80 Å².